The molecule has 0 unspecified atom stereocenters. The van der Waals surface area contributed by atoms with Crippen LogP contribution in [0.4, 0.5) is 4.39 Å². The van der Waals surface area contributed by atoms with Gasteiger partial charge in [0.15, 0.2) is 0 Å². The number of benzene rings is 2. The molecule has 0 heterocycles. The van der Waals surface area contributed by atoms with Crippen molar-refractivity contribution in [2.24, 2.45) is 0 Å². The van der Waals surface area contributed by atoms with E-state index in [9.17, 15) is 4.39 Å². The van der Waals surface area contributed by atoms with E-state index < -0.39 is 18.4 Å². The molecule has 170 valence electrons. The molecule has 0 spiro atoms. The summed E-state index contributed by atoms with van der Waals surface area (Å²) in [5, 5.41) is 0. The molecule has 31 heavy (non-hydrogen) atoms. The van der Waals surface area contributed by atoms with E-state index in [4.69, 9.17) is 0 Å². The minimum absolute atomic E-state index is 0.126. The van der Waals surface area contributed by atoms with E-state index in [1.807, 2.05) is 19.1 Å². The summed E-state index contributed by atoms with van der Waals surface area (Å²) in [5.74, 6) is -0.126. The van der Waals surface area contributed by atoms with Crippen molar-refractivity contribution in [2.75, 3.05) is 0 Å². The van der Waals surface area contributed by atoms with Gasteiger partial charge in [-0.15, -0.1) is 0 Å². The van der Waals surface area contributed by atoms with Crippen molar-refractivity contribution in [3.8, 4) is 11.1 Å². The van der Waals surface area contributed by atoms with Gasteiger partial charge in [0, 0.05) is 0 Å². The standard InChI is InChI=1S/C17H16F.3C4H9.Sn/c1-5-15-12(3)8-11(2)9-16(15)14-6-7-17(18)13(4)10-14;3*1-3-4-2;/h1,5-10H,2-4H3;3*1,3-4H2,2H3;. The SMILES string of the molecule is CCC[CH2][Sn]([CH]=Cc1c(C)cc(C)cc1-c1ccc(F)c(C)c1)([CH2]CCC)[CH2]CCC. The number of aryl methyl sites for hydroxylation is 3. The average molecular weight is 529 g/mol. The van der Waals surface area contributed by atoms with Gasteiger partial charge in [-0.05, 0) is 0 Å². The Labute approximate surface area is 195 Å². The predicted molar refractivity (Wildman–Crippen MR) is 140 cm³/mol. The van der Waals surface area contributed by atoms with Gasteiger partial charge in [-0.1, -0.05) is 0 Å². The van der Waals surface area contributed by atoms with Crippen LogP contribution in [0.25, 0.3) is 17.2 Å². The summed E-state index contributed by atoms with van der Waals surface area (Å²) in [6.07, 6.45) is 10.5. The zero-order chi connectivity index (χ0) is 22.9. The molecular weight excluding hydrogens is 486 g/mol. The topological polar surface area (TPSA) is 0 Å². The van der Waals surface area contributed by atoms with E-state index in [0.29, 0.717) is 5.56 Å². The van der Waals surface area contributed by atoms with E-state index in [1.165, 1.54) is 74.1 Å². The molecule has 2 aromatic rings. The molecule has 0 saturated heterocycles. The molecule has 0 aliphatic carbocycles. The Morgan fingerprint density at radius 3 is 1.87 bits per heavy atom. The average Bonchev–Trinajstić information content (AvgIpc) is 2.75. The summed E-state index contributed by atoms with van der Waals surface area (Å²) in [7, 11) is 0. The van der Waals surface area contributed by atoms with Crippen LogP contribution in [0.15, 0.2) is 34.4 Å². The fraction of sp³-hybridized carbons (Fsp3) is 0.517. The molecule has 0 N–H and O–H groups in total. The molecule has 0 aliphatic heterocycles. The molecule has 0 nitrogen and oxygen atoms in total. The summed E-state index contributed by atoms with van der Waals surface area (Å²) in [6, 6.07) is 10.1. The Morgan fingerprint density at radius 2 is 1.35 bits per heavy atom. The Balaban J connectivity index is 2.54. The van der Waals surface area contributed by atoms with Crippen molar-refractivity contribution in [1.82, 2.24) is 0 Å². The predicted octanol–water partition coefficient (Wildman–Crippen LogP) is 9.82. The zero-order valence-corrected chi connectivity index (χ0v) is 23.6. The first kappa shape index (κ1) is 26.2. The summed E-state index contributed by atoms with van der Waals surface area (Å²) in [4.78, 5) is 0. The van der Waals surface area contributed by atoms with E-state index >= 15 is 0 Å². The maximum absolute atomic E-state index is 13.9. The molecule has 0 fully saturated rings. The molecule has 0 aromatic heterocycles. The number of hydrogen-bond acceptors (Lipinski definition) is 0. The van der Waals surface area contributed by atoms with Crippen LogP contribution in [0.1, 0.15) is 81.5 Å². The molecule has 0 aliphatic rings. The summed E-state index contributed by atoms with van der Waals surface area (Å²) in [5.41, 5.74) is 7.02. The Hall–Kier alpha value is -1.09. The molecule has 0 atom stereocenters. The monoisotopic (exact) mass is 530 g/mol. The van der Waals surface area contributed by atoms with Gasteiger partial charge in [-0.3, -0.25) is 0 Å². The van der Waals surface area contributed by atoms with Crippen LogP contribution < -0.4 is 0 Å². The first-order chi connectivity index (χ1) is 14.9. The first-order valence-electron chi connectivity index (χ1n) is 12.4. The van der Waals surface area contributed by atoms with Crippen LogP contribution in [0.2, 0.25) is 13.3 Å². The molecular formula is C29H43FSn. The molecule has 2 rings (SSSR count). The van der Waals surface area contributed by atoms with Crippen LogP contribution in [0.3, 0.4) is 0 Å². The maximum atomic E-state index is 13.9. The molecule has 2 heteroatoms. The third kappa shape index (κ3) is 7.48. The van der Waals surface area contributed by atoms with Gasteiger partial charge in [0.05, 0.1) is 0 Å². The van der Waals surface area contributed by atoms with Crippen molar-refractivity contribution in [3.05, 3.63) is 62.5 Å². The summed E-state index contributed by atoms with van der Waals surface area (Å²) in [6.45, 7) is 13.2. The fourth-order valence-corrected chi connectivity index (χ4v) is 18.8. The first-order valence-corrected chi connectivity index (χ1v) is 20.1. The second-order valence-corrected chi connectivity index (χ2v) is 22.5. The van der Waals surface area contributed by atoms with Crippen molar-refractivity contribution >= 4 is 24.5 Å². The molecule has 0 radical (unpaired) electrons. The third-order valence-electron chi connectivity index (χ3n) is 6.69. The second kappa shape index (κ2) is 12.8. The molecule has 0 bridgehead atoms. The van der Waals surface area contributed by atoms with Gasteiger partial charge < -0.3 is 0 Å². The van der Waals surface area contributed by atoms with E-state index in [0.717, 1.165) is 5.56 Å². The second-order valence-electron chi connectivity index (χ2n) is 9.51. The number of halogens is 1. The van der Waals surface area contributed by atoms with Crippen LogP contribution in [0, 0.1) is 26.6 Å². The van der Waals surface area contributed by atoms with Crippen molar-refractivity contribution in [1.29, 1.82) is 0 Å². The number of unbranched alkanes of at least 4 members (excludes halogenated alkanes) is 3. The normalized spacial score (nSPS) is 12.1. The van der Waals surface area contributed by atoms with Crippen molar-refractivity contribution < 1.29 is 4.39 Å². The van der Waals surface area contributed by atoms with Gasteiger partial charge in [0.25, 0.3) is 0 Å². The van der Waals surface area contributed by atoms with Crippen LogP contribution >= 0.6 is 0 Å². The van der Waals surface area contributed by atoms with Gasteiger partial charge in [-0.25, -0.2) is 0 Å². The minimum atomic E-state index is -2.36. The van der Waals surface area contributed by atoms with Crippen LogP contribution in [-0.2, 0) is 0 Å². The Morgan fingerprint density at radius 1 is 0.774 bits per heavy atom. The van der Waals surface area contributed by atoms with Gasteiger partial charge in [0.2, 0.25) is 0 Å². The number of hydrogen-bond donors (Lipinski definition) is 0. The molecule has 2 aromatic carbocycles. The van der Waals surface area contributed by atoms with Gasteiger partial charge >= 0.3 is 196 Å². The Kier molecular flexibility index (Phi) is 10.8. The summed E-state index contributed by atoms with van der Waals surface area (Å²) >= 11 is -2.36. The molecule has 0 amide bonds. The van der Waals surface area contributed by atoms with Crippen LogP contribution in [0.5, 0.6) is 0 Å². The number of rotatable bonds is 12. The van der Waals surface area contributed by atoms with Gasteiger partial charge in [-0.2, -0.15) is 0 Å². The van der Waals surface area contributed by atoms with Crippen molar-refractivity contribution in [2.45, 2.75) is 93.4 Å². The van der Waals surface area contributed by atoms with Gasteiger partial charge in [0.1, 0.15) is 0 Å². The van der Waals surface area contributed by atoms with Crippen LogP contribution in [-0.4, -0.2) is 18.4 Å². The van der Waals surface area contributed by atoms with E-state index in [2.05, 4.69) is 56.9 Å². The molecule has 0 saturated carbocycles. The van der Waals surface area contributed by atoms with E-state index in [1.54, 1.807) is 6.07 Å². The zero-order valence-electron chi connectivity index (χ0n) is 20.8. The third-order valence-corrected chi connectivity index (χ3v) is 20.7. The van der Waals surface area contributed by atoms with Crippen molar-refractivity contribution in [3.63, 3.8) is 0 Å². The quantitative estimate of drug-likeness (QED) is 0.240. The summed E-state index contributed by atoms with van der Waals surface area (Å²) < 4.78 is 21.1. The van der Waals surface area contributed by atoms with E-state index in [-0.39, 0.29) is 5.82 Å². The Bertz CT molecular complexity index is 844. The fourth-order valence-electron chi connectivity index (χ4n) is 4.72.